The Kier molecular flexibility index (Phi) is 6.37. The Morgan fingerprint density at radius 2 is 1.82 bits per heavy atom. The van der Waals surface area contributed by atoms with E-state index in [2.05, 4.69) is 50.4 Å². The molecule has 4 aromatic rings. The number of nitrogens with one attached hydrogen (secondary N) is 1. The van der Waals surface area contributed by atoms with Crippen LogP contribution in [0.25, 0.3) is 11.5 Å². The number of piperazine rings is 1. The summed E-state index contributed by atoms with van der Waals surface area (Å²) in [4.78, 5) is 22.3. The predicted octanol–water partition coefficient (Wildman–Crippen LogP) is 5.60. The minimum atomic E-state index is -0.0762. The molecular weight excluding hydrogens is 488 g/mol. The van der Waals surface area contributed by atoms with Crippen molar-refractivity contribution in [3.63, 3.8) is 0 Å². The van der Waals surface area contributed by atoms with Crippen LogP contribution in [0.2, 0.25) is 0 Å². The van der Waals surface area contributed by atoms with E-state index in [1.54, 1.807) is 0 Å². The van der Waals surface area contributed by atoms with Crippen molar-refractivity contribution in [1.29, 1.82) is 5.26 Å². The summed E-state index contributed by atoms with van der Waals surface area (Å²) in [7, 11) is 0. The number of hydrogen-bond donors (Lipinski definition) is 1. The lowest BCUT2D eigenvalue weighted by Crippen LogP contribution is -2.53. The van der Waals surface area contributed by atoms with Crippen LogP contribution < -0.4 is 10.2 Å². The van der Waals surface area contributed by atoms with E-state index >= 15 is 0 Å². The molecule has 8 nitrogen and oxygen atoms in total. The van der Waals surface area contributed by atoms with Gasteiger partial charge in [0.1, 0.15) is 6.07 Å². The molecule has 39 heavy (non-hydrogen) atoms. The summed E-state index contributed by atoms with van der Waals surface area (Å²) in [6.07, 6.45) is 0. The molecule has 196 valence electrons. The van der Waals surface area contributed by atoms with Crippen LogP contribution in [0.4, 0.5) is 11.4 Å². The number of para-hydroxylation sites is 1. The second-order valence-corrected chi connectivity index (χ2v) is 10.5. The first-order valence-corrected chi connectivity index (χ1v) is 13.3. The van der Waals surface area contributed by atoms with Crippen molar-refractivity contribution in [1.82, 2.24) is 15.0 Å². The van der Waals surface area contributed by atoms with Gasteiger partial charge in [-0.2, -0.15) is 10.2 Å². The van der Waals surface area contributed by atoms with Gasteiger partial charge in [-0.3, -0.25) is 9.69 Å². The summed E-state index contributed by atoms with van der Waals surface area (Å²) in [5.74, 6) is 1.16. The average molecular weight is 519 g/mol. The Balaban J connectivity index is 1.30. The zero-order valence-corrected chi connectivity index (χ0v) is 22.3. The van der Waals surface area contributed by atoms with Crippen LogP contribution in [-0.4, -0.2) is 46.6 Å². The zero-order valence-electron chi connectivity index (χ0n) is 22.3. The molecule has 0 aliphatic carbocycles. The second-order valence-electron chi connectivity index (χ2n) is 10.5. The Morgan fingerprint density at radius 3 is 2.56 bits per heavy atom. The summed E-state index contributed by atoms with van der Waals surface area (Å²) >= 11 is 0. The van der Waals surface area contributed by atoms with Crippen LogP contribution in [0.1, 0.15) is 65.6 Å². The van der Waals surface area contributed by atoms with Crippen molar-refractivity contribution in [2.24, 2.45) is 0 Å². The van der Waals surface area contributed by atoms with E-state index in [1.165, 1.54) is 0 Å². The normalized spacial score (nSPS) is 19.2. The van der Waals surface area contributed by atoms with E-state index in [9.17, 15) is 10.1 Å². The van der Waals surface area contributed by atoms with Crippen molar-refractivity contribution in [3.05, 3.63) is 94.8 Å². The minimum absolute atomic E-state index is 0.0496. The van der Waals surface area contributed by atoms with Gasteiger partial charge in [0.15, 0.2) is 5.82 Å². The Labute approximate surface area is 227 Å². The summed E-state index contributed by atoms with van der Waals surface area (Å²) in [6.45, 7) is 8.51. The number of aromatic nitrogens is 2. The molecule has 8 heteroatoms. The number of carbonyl (C=O) groups is 1. The van der Waals surface area contributed by atoms with Crippen LogP contribution in [0.15, 0.2) is 71.3 Å². The third-order valence-corrected chi connectivity index (χ3v) is 7.66. The molecular formula is C31H30N6O2. The first-order valence-electron chi connectivity index (χ1n) is 13.3. The van der Waals surface area contributed by atoms with Crippen molar-refractivity contribution >= 4 is 17.3 Å². The summed E-state index contributed by atoms with van der Waals surface area (Å²) in [5, 5.41) is 17.2. The molecule has 1 N–H and O–H groups in total. The molecule has 6 rings (SSSR count). The lowest BCUT2D eigenvalue weighted by molar-refractivity contribution is 0.102. The quantitative estimate of drug-likeness (QED) is 0.376. The van der Waals surface area contributed by atoms with Gasteiger partial charge in [-0.1, -0.05) is 55.4 Å². The smallest absolute Gasteiger partial charge is 0.257 e. The van der Waals surface area contributed by atoms with E-state index in [1.807, 2.05) is 68.4 Å². The monoisotopic (exact) mass is 518 g/mol. The number of carbonyl (C=O) groups excluding carboxylic acids is 1. The van der Waals surface area contributed by atoms with Gasteiger partial charge in [0, 0.05) is 48.4 Å². The summed E-state index contributed by atoms with van der Waals surface area (Å²) < 4.78 is 5.45. The van der Waals surface area contributed by atoms with Crippen LogP contribution in [0, 0.1) is 11.3 Å². The Hall–Kier alpha value is -4.48. The van der Waals surface area contributed by atoms with Gasteiger partial charge < -0.3 is 14.7 Å². The fourth-order valence-electron chi connectivity index (χ4n) is 5.72. The Morgan fingerprint density at radius 1 is 1.05 bits per heavy atom. The molecule has 1 amide bonds. The fraction of sp³-hybridized carbons (Fsp3) is 0.290. The van der Waals surface area contributed by atoms with Gasteiger partial charge in [-0.25, -0.2) is 0 Å². The first-order chi connectivity index (χ1) is 18.9. The van der Waals surface area contributed by atoms with Crippen molar-refractivity contribution in [2.75, 3.05) is 29.9 Å². The number of nitriles is 1. The molecule has 0 saturated carbocycles. The second kappa shape index (κ2) is 10.0. The van der Waals surface area contributed by atoms with Crippen LogP contribution in [0.3, 0.4) is 0 Å². The van der Waals surface area contributed by atoms with Crippen LogP contribution >= 0.6 is 0 Å². The number of fused-ring (bicyclic) bond motifs is 2. The van der Waals surface area contributed by atoms with Gasteiger partial charge in [-0.15, -0.1) is 0 Å². The lowest BCUT2D eigenvalue weighted by Gasteiger charge is -2.45. The molecule has 2 aliphatic heterocycles. The fourth-order valence-corrected chi connectivity index (χ4v) is 5.72. The van der Waals surface area contributed by atoms with Crippen molar-refractivity contribution in [2.45, 2.75) is 38.8 Å². The summed E-state index contributed by atoms with van der Waals surface area (Å²) in [6, 6.07) is 24.2. The minimum Gasteiger partial charge on any atom is -0.365 e. The van der Waals surface area contributed by atoms with Gasteiger partial charge in [0.05, 0.1) is 17.3 Å². The number of nitrogens with zero attached hydrogens (tertiary/aromatic N) is 5. The van der Waals surface area contributed by atoms with Crippen LogP contribution in [-0.2, 0) is 0 Å². The van der Waals surface area contributed by atoms with E-state index in [0.29, 0.717) is 22.8 Å². The van der Waals surface area contributed by atoms with Gasteiger partial charge in [0.2, 0.25) is 0 Å². The molecule has 1 saturated heterocycles. The molecule has 2 atom stereocenters. The molecule has 2 aliphatic rings. The lowest BCUT2D eigenvalue weighted by atomic mass is 9.92. The maximum absolute atomic E-state index is 13.0. The number of benzene rings is 3. The highest BCUT2D eigenvalue weighted by atomic mass is 16.5. The van der Waals surface area contributed by atoms with Gasteiger partial charge in [-0.05, 0) is 48.4 Å². The molecule has 3 heterocycles. The summed E-state index contributed by atoms with van der Waals surface area (Å²) in [5.41, 5.74) is 5.89. The number of hydrogen-bond acceptors (Lipinski definition) is 7. The molecule has 1 aromatic heterocycles. The SMILES string of the molecule is CC(C)c1noc(-c2ccc(N3CCN(C4c5ccccc5NC(=O)c5ccccc54)CC3C)c(C#N)c2)n1. The maximum atomic E-state index is 13.0. The highest BCUT2D eigenvalue weighted by Crippen LogP contribution is 2.40. The van der Waals surface area contributed by atoms with E-state index < -0.39 is 0 Å². The number of amides is 1. The van der Waals surface area contributed by atoms with Crippen LogP contribution in [0.5, 0.6) is 0 Å². The standard InChI is InChI=1S/C31H30N6O2/c1-19(2)29-34-31(39-35-29)21-12-13-27(22(16-21)17-32)37-15-14-36(18-20(37)3)28-23-8-4-5-9-24(23)30(38)33-26-11-7-6-10-25(26)28/h4-13,16,19-20,28H,14-15,18H2,1-3H3,(H,33,38). The van der Waals surface area contributed by atoms with E-state index in [0.717, 1.165) is 47.7 Å². The molecule has 0 bridgehead atoms. The molecule has 2 unspecified atom stereocenters. The molecule has 3 aromatic carbocycles. The zero-order chi connectivity index (χ0) is 27.1. The predicted molar refractivity (Wildman–Crippen MR) is 150 cm³/mol. The first kappa shape index (κ1) is 24.8. The van der Waals surface area contributed by atoms with E-state index in [4.69, 9.17) is 4.52 Å². The Bertz CT molecular complexity index is 1590. The van der Waals surface area contributed by atoms with Crippen molar-refractivity contribution < 1.29 is 9.32 Å². The van der Waals surface area contributed by atoms with Crippen molar-refractivity contribution in [3.8, 4) is 17.5 Å². The highest BCUT2D eigenvalue weighted by molar-refractivity contribution is 6.07. The molecule has 1 fully saturated rings. The largest absolute Gasteiger partial charge is 0.365 e. The van der Waals surface area contributed by atoms with E-state index in [-0.39, 0.29) is 23.9 Å². The number of rotatable bonds is 4. The highest BCUT2D eigenvalue weighted by Gasteiger charge is 2.35. The average Bonchev–Trinajstić information content (AvgIpc) is 3.41. The number of anilines is 2. The van der Waals surface area contributed by atoms with Gasteiger partial charge in [0.25, 0.3) is 11.8 Å². The topological polar surface area (TPSA) is 98.3 Å². The van der Waals surface area contributed by atoms with Gasteiger partial charge >= 0.3 is 0 Å². The third kappa shape index (κ3) is 4.45. The molecule has 0 spiro atoms. The maximum Gasteiger partial charge on any atom is 0.257 e. The third-order valence-electron chi connectivity index (χ3n) is 7.66. The molecule has 0 radical (unpaired) electrons.